The highest BCUT2D eigenvalue weighted by Gasteiger charge is 2.20. The molecule has 3 nitrogen and oxygen atoms in total. The molecule has 0 aliphatic carbocycles. The molecular weight excluding hydrogens is 244 g/mol. The lowest BCUT2D eigenvalue weighted by atomic mass is 10.1. The number of halogens is 1. The van der Waals surface area contributed by atoms with Crippen LogP contribution in [0.1, 0.15) is 17.2 Å². The lowest BCUT2D eigenvalue weighted by Crippen LogP contribution is -2.10. The van der Waals surface area contributed by atoms with Gasteiger partial charge in [-0.1, -0.05) is 28.1 Å². The Morgan fingerprint density at radius 1 is 1.57 bits per heavy atom. The van der Waals surface area contributed by atoms with Gasteiger partial charge in [0, 0.05) is 4.47 Å². The molecule has 1 aliphatic rings. The van der Waals surface area contributed by atoms with E-state index in [4.69, 9.17) is 10.5 Å². The van der Waals surface area contributed by atoms with Gasteiger partial charge >= 0.3 is 0 Å². The lowest BCUT2D eigenvalue weighted by molar-refractivity contribution is 0.315. The molecule has 2 N–H and O–H groups in total. The summed E-state index contributed by atoms with van der Waals surface area (Å²) in [5.74, 6) is 0. The Kier molecular flexibility index (Phi) is 2.46. The summed E-state index contributed by atoms with van der Waals surface area (Å²) >= 11 is 3.51. The van der Waals surface area contributed by atoms with Crippen molar-refractivity contribution >= 4 is 22.0 Å². The number of aliphatic imine (C=N–C) groups is 1. The molecule has 0 fully saturated rings. The summed E-state index contributed by atoms with van der Waals surface area (Å²) in [6.45, 7) is 2.59. The topological polar surface area (TPSA) is 47.6 Å². The zero-order valence-corrected chi connectivity index (χ0v) is 9.41. The summed E-state index contributed by atoms with van der Waals surface area (Å²) < 4.78 is 6.17. The molecule has 0 bridgehead atoms. The average Bonchev–Trinajstić information content (AvgIpc) is 2.51. The quantitative estimate of drug-likeness (QED) is 0.835. The molecule has 0 saturated heterocycles. The van der Waals surface area contributed by atoms with E-state index < -0.39 is 0 Å². The van der Waals surface area contributed by atoms with Crippen molar-refractivity contribution in [3.63, 3.8) is 0 Å². The van der Waals surface area contributed by atoms with Crippen LogP contribution in [0.5, 0.6) is 0 Å². The first-order chi connectivity index (χ1) is 6.66. The number of nitrogens with zero attached hydrogens (tertiary/aromatic N) is 1. The number of ether oxygens (including phenoxy) is 1. The van der Waals surface area contributed by atoms with E-state index in [9.17, 15) is 0 Å². The van der Waals surface area contributed by atoms with Crippen LogP contribution in [0.25, 0.3) is 0 Å². The van der Waals surface area contributed by atoms with Crippen LogP contribution in [-0.4, -0.2) is 12.6 Å². The van der Waals surface area contributed by atoms with Gasteiger partial charge in [0.05, 0.1) is 0 Å². The largest absolute Gasteiger partial charge is 0.463 e. The summed E-state index contributed by atoms with van der Waals surface area (Å²) in [6, 6.07) is 6.49. The van der Waals surface area contributed by atoms with Crippen LogP contribution in [0, 0.1) is 6.92 Å². The molecule has 0 aromatic heterocycles. The van der Waals surface area contributed by atoms with Crippen molar-refractivity contribution in [3.8, 4) is 0 Å². The summed E-state index contributed by atoms with van der Waals surface area (Å²) in [4.78, 5) is 4.19. The smallest absolute Gasteiger partial charge is 0.282 e. The first kappa shape index (κ1) is 9.52. The van der Waals surface area contributed by atoms with Crippen molar-refractivity contribution in [2.24, 2.45) is 10.7 Å². The fourth-order valence-corrected chi connectivity index (χ4v) is 2.21. The number of rotatable bonds is 1. The first-order valence-electron chi connectivity index (χ1n) is 4.39. The molecule has 1 aromatic rings. The van der Waals surface area contributed by atoms with E-state index in [1.54, 1.807) is 0 Å². The van der Waals surface area contributed by atoms with E-state index in [0.29, 0.717) is 6.61 Å². The monoisotopic (exact) mass is 254 g/mol. The number of benzene rings is 1. The van der Waals surface area contributed by atoms with Crippen molar-refractivity contribution in [1.82, 2.24) is 0 Å². The van der Waals surface area contributed by atoms with Crippen LogP contribution in [0.15, 0.2) is 27.7 Å². The van der Waals surface area contributed by atoms with Gasteiger partial charge in [-0.25, -0.2) is 4.99 Å². The van der Waals surface area contributed by atoms with Crippen molar-refractivity contribution in [2.45, 2.75) is 13.0 Å². The second kappa shape index (κ2) is 3.61. The maximum Gasteiger partial charge on any atom is 0.282 e. The first-order valence-corrected chi connectivity index (χ1v) is 5.18. The fraction of sp³-hybridized carbons (Fsp3) is 0.300. The molecule has 1 aromatic carbocycles. The molecule has 14 heavy (non-hydrogen) atoms. The van der Waals surface area contributed by atoms with Gasteiger partial charge < -0.3 is 10.5 Å². The van der Waals surface area contributed by atoms with Gasteiger partial charge in [0.2, 0.25) is 0 Å². The predicted molar refractivity (Wildman–Crippen MR) is 59.2 cm³/mol. The van der Waals surface area contributed by atoms with Crippen LogP contribution in [0.4, 0.5) is 0 Å². The Morgan fingerprint density at radius 3 is 2.93 bits per heavy atom. The molecule has 0 spiro atoms. The number of amidine groups is 1. The summed E-state index contributed by atoms with van der Waals surface area (Å²) in [7, 11) is 0. The van der Waals surface area contributed by atoms with Gasteiger partial charge in [0.1, 0.15) is 12.6 Å². The van der Waals surface area contributed by atoms with Gasteiger partial charge in [-0.15, -0.1) is 0 Å². The third-order valence-electron chi connectivity index (χ3n) is 2.19. The Morgan fingerprint density at radius 2 is 2.36 bits per heavy atom. The average molecular weight is 255 g/mol. The standard InChI is InChI=1S/C10H11BrN2O/c1-6-2-3-7(8(11)4-6)9-5-14-10(12)13-9/h2-4,9H,5H2,1H3,(H2,12,13). The van der Waals surface area contributed by atoms with E-state index in [1.165, 1.54) is 5.56 Å². The molecule has 0 saturated carbocycles. The van der Waals surface area contributed by atoms with Crippen molar-refractivity contribution in [2.75, 3.05) is 6.61 Å². The molecule has 1 unspecified atom stereocenters. The molecular formula is C10H11BrN2O. The van der Waals surface area contributed by atoms with Crippen molar-refractivity contribution < 1.29 is 4.74 Å². The van der Waals surface area contributed by atoms with Crippen molar-refractivity contribution in [1.29, 1.82) is 0 Å². The van der Waals surface area contributed by atoms with E-state index in [0.717, 1.165) is 10.0 Å². The molecule has 0 amide bonds. The Labute approximate surface area is 91.1 Å². The normalized spacial score (nSPS) is 20.4. The lowest BCUT2D eigenvalue weighted by Gasteiger charge is -2.08. The maximum absolute atomic E-state index is 5.45. The van der Waals surface area contributed by atoms with Gasteiger partial charge in [-0.3, -0.25) is 0 Å². The van der Waals surface area contributed by atoms with Crippen LogP contribution >= 0.6 is 15.9 Å². The van der Waals surface area contributed by atoms with E-state index in [1.807, 2.05) is 0 Å². The number of hydrogen-bond donors (Lipinski definition) is 1. The zero-order valence-electron chi connectivity index (χ0n) is 7.83. The molecule has 1 aliphatic heterocycles. The third-order valence-corrected chi connectivity index (χ3v) is 2.87. The third kappa shape index (κ3) is 1.75. The SMILES string of the molecule is Cc1ccc(C2COC(N)=N2)c(Br)c1. The second-order valence-electron chi connectivity index (χ2n) is 3.32. The zero-order chi connectivity index (χ0) is 10.1. The molecule has 0 radical (unpaired) electrons. The molecule has 4 heteroatoms. The van der Waals surface area contributed by atoms with E-state index in [-0.39, 0.29) is 12.1 Å². The molecule has 1 heterocycles. The number of nitrogens with two attached hydrogens (primary N) is 1. The summed E-state index contributed by atoms with van der Waals surface area (Å²) in [6.07, 6.45) is 0. The molecule has 2 rings (SSSR count). The Bertz CT molecular complexity index is 390. The highest BCUT2D eigenvalue weighted by atomic mass is 79.9. The fourth-order valence-electron chi connectivity index (χ4n) is 1.45. The molecule has 1 atom stereocenters. The minimum atomic E-state index is 0.0324. The predicted octanol–water partition coefficient (Wildman–Crippen LogP) is 2.14. The van der Waals surface area contributed by atoms with Gasteiger partial charge in [-0.05, 0) is 24.1 Å². The highest BCUT2D eigenvalue weighted by Crippen LogP contribution is 2.29. The van der Waals surface area contributed by atoms with E-state index >= 15 is 0 Å². The van der Waals surface area contributed by atoms with Crippen LogP contribution in [-0.2, 0) is 4.74 Å². The summed E-state index contributed by atoms with van der Waals surface area (Å²) in [5.41, 5.74) is 7.80. The molecule has 74 valence electrons. The number of hydrogen-bond acceptors (Lipinski definition) is 3. The van der Waals surface area contributed by atoms with E-state index in [2.05, 4.69) is 46.0 Å². The minimum absolute atomic E-state index is 0.0324. The minimum Gasteiger partial charge on any atom is -0.463 e. The van der Waals surface area contributed by atoms with Crippen LogP contribution in [0.2, 0.25) is 0 Å². The van der Waals surface area contributed by atoms with Crippen LogP contribution in [0.3, 0.4) is 0 Å². The second-order valence-corrected chi connectivity index (χ2v) is 4.17. The summed E-state index contributed by atoms with van der Waals surface area (Å²) in [5, 5.41) is 0. The highest BCUT2D eigenvalue weighted by molar-refractivity contribution is 9.10. The van der Waals surface area contributed by atoms with Gasteiger partial charge in [0.25, 0.3) is 6.02 Å². The Balaban J connectivity index is 2.33. The number of aryl methyl sites for hydroxylation is 1. The maximum atomic E-state index is 5.45. The van der Waals surface area contributed by atoms with Crippen LogP contribution < -0.4 is 5.73 Å². The van der Waals surface area contributed by atoms with Gasteiger partial charge in [-0.2, -0.15) is 0 Å². The van der Waals surface area contributed by atoms with Gasteiger partial charge in [0.15, 0.2) is 0 Å². The Hall–Kier alpha value is -1.03. The van der Waals surface area contributed by atoms with Crippen molar-refractivity contribution in [3.05, 3.63) is 33.8 Å².